The summed E-state index contributed by atoms with van der Waals surface area (Å²) in [6.45, 7) is 6.56. The highest BCUT2D eigenvalue weighted by Crippen LogP contribution is 2.59. The van der Waals surface area contributed by atoms with Crippen LogP contribution in [-0.4, -0.2) is 17.0 Å². The van der Waals surface area contributed by atoms with Gasteiger partial charge in [-0.1, -0.05) is 57.9 Å². The predicted molar refractivity (Wildman–Crippen MR) is 116 cm³/mol. The highest BCUT2D eigenvalue weighted by atomic mass is 32.2. The van der Waals surface area contributed by atoms with E-state index >= 15 is 0 Å². The molecule has 0 heterocycles. The third-order valence-electron chi connectivity index (χ3n) is 5.38. The summed E-state index contributed by atoms with van der Waals surface area (Å²) in [6, 6.07) is 13.6. The smallest absolute Gasteiger partial charge is 0.311 e. The van der Waals surface area contributed by atoms with E-state index in [4.69, 9.17) is 9.47 Å². The molecule has 2 aromatic rings. The monoisotopic (exact) mass is 416 g/mol. The first-order valence-corrected chi connectivity index (χ1v) is 11.3. The Balaban J connectivity index is 1.54. The molecule has 2 atom stereocenters. The van der Waals surface area contributed by atoms with Gasteiger partial charge < -0.3 is 9.47 Å². The van der Waals surface area contributed by atoms with Gasteiger partial charge in [-0.05, 0) is 47.4 Å². The lowest BCUT2D eigenvalue weighted by atomic mass is 10.1. The number of ether oxygens (including phenoxy) is 2. The second kappa shape index (κ2) is 9.66. The van der Waals surface area contributed by atoms with Crippen LogP contribution in [0.3, 0.4) is 0 Å². The van der Waals surface area contributed by atoms with E-state index in [0.717, 1.165) is 5.75 Å². The van der Waals surface area contributed by atoms with E-state index in [9.17, 15) is 9.18 Å². The Kier molecular flexibility index (Phi) is 7.23. The Bertz CT molecular complexity index is 822. The summed E-state index contributed by atoms with van der Waals surface area (Å²) in [4.78, 5) is 12.6. The van der Waals surface area contributed by atoms with Crippen LogP contribution in [-0.2, 0) is 16.1 Å². The van der Waals surface area contributed by atoms with Crippen molar-refractivity contribution < 1.29 is 18.7 Å². The van der Waals surface area contributed by atoms with Crippen LogP contribution in [0.5, 0.6) is 11.5 Å². The van der Waals surface area contributed by atoms with Gasteiger partial charge in [-0.25, -0.2) is 4.39 Å². The molecule has 1 saturated carbocycles. The van der Waals surface area contributed by atoms with Gasteiger partial charge in [0.1, 0.15) is 12.4 Å². The fourth-order valence-corrected chi connectivity index (χ4v) is 5.24. The van der Waals surface area contributed by atoms with Crippen molar-refractivity contribution >= 4 is 17.7 Å². The first-order valence-electron chi connectivity index (χ1n) is 10.2. The quantitative estimate of drug-likeness (QED) is 0.322. The molecule has 29 heavy (non-hydrogen) atoms. The second-order valence-electron chi connectivity index (χ2n) is 8.09. The highest BCUT2D eigenvalue weighted by molar-refractivity contribution is 8.00. The summed E-state index contributed by atoms with van der Waals surface area (Å²) in [5, 5.41) is 0.317. The molecule has 0 N–H and O–H groups in total. The Labute approximate surface area is 177 Å². The summed E-state index contributed by atoms with van der Waals surface area (Å²) < 4.78 is 25.3. The second-order valence-corrected chi connectivity index (χ2v) is 9.33. The van der Waals surface area contributed by atoms with E-state index in [2.05, 4.69) is 20.8 Å². The first-order chi connectivity index (χ1) is 13.9. The number of benzene rings is 2. The zero-order valence-electron chi connectivity index (χ0n) is 17.3. The minimum atomic E-state index is -0.448. The number of rotatable bonds is 10. The van der Waals surface area contributed by atoms with Crippen LogP contribution in [0.1, 0.15) is 45.6 Å². The van der Waals surface area contributed by atoms with Gasteiger partial charge in [0, 0.05) is 5.25 Å². The van der Waals surface area contributed by atoms with Crippen LogP contribution in [0.15, 0.2) is 48.5 Å². The van der Waals surface area contributed by atoms with Gasteiger partial charge >= 0.3 is 5.97 Å². The van der Waals surface area contributed by atoms with E-state index in [0.29, 0.717) is 16.6 Å². The van der Waals surface area contributed by atoms with Gasteiger partial charge in [0.25, 0.3) is 0 Å². The van der Waals surface area contributed by atoms with Crippen LogP contribution < -0.4 is 4.74 Å². The maximum atomic E-state index is 14.1. The van der Waals surface area contributed by atoms with Gasteiger partial charge in [-0.2, -0.15) is 11.8 Å². The van der Waals surface area contributed by atoms with E-state index in [-0.39, 0.29) is 29.7 Å². The van der Waals surface area contributed by atoms with Gasteiger partial charge in [-0.15, -0.1) is 0 Å². The molecule has 0 bridgehead atoms. The Morgan fingerprint density at radius 1 is 1.14 bits per heavy atom. The molecule has 0 aromatic heterocycles. The lowest BCUT2D eigenvalue weighted by Gasteiger charge is -2.10. The van der Waals surface area contributed by atoms with Crippen molar-refractivity contribution in [2.24, 2.45) is 11.3 Å². The Morgan fingerprint density at radius 3 is 2.62 bits per heavy atom. The lowest BCUT2D eigenvalue weighted by molar-refractivity contribution is -0.147. The minimum absolute atomic E-state index is 0.0294. The Hall–Kier alpha value is -2.01. The topological polar surface area (TPSA) is 35.5 Å². The number of para-hydroxylation sites is 1. The Morgan fingerprint density at radius 2 is 1.90 bits per heavy atom. The van der Waals surface area contributed by atoms with Crippen molar-refractivity contribution in [1.82, 2.24) is 0 Å². The molecule has 3 rings (SSSR count). The minimum Gasteiger partial charge on any atom is -0.461 e. The first kappa shape index (κ1) is 21.7. The standard InChI is InChI=1S/C24H29FO3S/c1-4-5-9-14-29-22-21(24(22,2)3)23(26)27-16-17-12-13-19(25)20(15-17)28-18-10-7-6-8-11-18/h6-8,10-13,15,21-22H,4-5,9,14,16H2,1-3H3. The molecule has 5 heteroatoms. The molecule has 156 valence electrons. The number of unbranched alkanes of at least 4 members (excludes halogenated alkanes) is 2. The van der Waals surface area contributed by atoms with Gasteiger partial charge in [-0.3, -0.25) is 4.79 Å². The molecule has 0 radical (unpaired) electrons. The van der Waals surface area contributed by atoms with Gasteiger partial charge in [0.05, 0.1) is 5.92 Å². The lowest BCUT2D eigenvalue weighted by Crippen LogP contribution is -2.11. The third-order valence-corrected chi connectivity index (χ3v) is 7.14. The molecule has 0 aliphatic heterocycles. The summed E-state index contributed by atoms with van der Waals surface area (Å²) in [5.74, 6) is 1.08. The van der Waals surface area contributed by atoms with E-state index in [1.54, 1.807) is 24.3 Å². The van der Waals surface area contributed by atoms with Crippen LogP contribution in [0.4, 0.5) is 4.39 Å². The third kappa shape index (κ3) is 5.53. The zero-order valence-corrected chi connectivity index (χ0v) is 18.1. The summed E-state index contributed by atoms with van der Waals surface area (Å²) in [7, 11) is 0. The molecule has 0 spiro atoms. The van der Waals surface area contributed by atoms with Crippen LogP contribution in [0.25, 0.3) is 0 Å². The van der Waals surface area contributed by atoms with Crippen molar-refractivity contribution in [3.05, 3.63) is 59.9 Å². The van der Waals surface area contributed by atoms with E-state index < -0.39 is 5.82 Å². The maximum Gasteiger partial charge on any atom is 0.311 e. The molecule has 0 amide bonds. The number of hydrogen-bond acceptors (Lipinski definition) is 4. The SMILES string of the molecule is CCCCCSC1C(C(=O)OCc2ccc(F)c(Oc3ccccc3)c2)C1(C)C. The average molecular weight is 417 g/mol. The molecule has 3 nitrogen and oxygen atoms in total. The number of carbonyl (C=O) groups excluding carboxylic acids is 1. The molecular formula is C24H29FO3S. The predicted octanol–water partition coefficient (Wildman–Crippen LogP) is 6.61. The van der Waals surface area contributed by atoms with Crippen molar-refractivity contribution in [2.45, 2.75) is 51.9 Å². The number of halogens is 1. The normalized spacial score (nSPS) is 19.6. The fraction of sp³-hybridized carbons (Fsp3) is 0.458. The number of hydrogen-bond donors (Lipinski definition) is 0. The summed E-state index contributed by atoms with van der Waals surface area (Å²) >= 11 is 1.88. The van der Waals surface area contributed by atoms with Gasteiger partial charge in [0.2, 0.25) is 0 Å². The van der Waals surface area contributed by atoms with E-state index in [1.165, 1.54) is 25.3 Å². The van der Waals surface area contributed by atoms with Crippen LogP contribution >= 0.6 is 11.8 Å². The molecule has 1 aliphatic carbocycles. The van der Waals surface area contributed by atoms with Crippen LogP contribution in [0.2, 0.25) is 0 Å². The summed E-state index contributed by atoms with van der Waals surface area (Å²) in [5.41, 5.74) is 0.675. The molecule has 1 aliphatic rings. The largest absolute Gasteiger partial charge is 0.461 e. The van der Waals surface area contributed by atoms with E-state index in [1.807, 2.05) is 30.0 Å². The van der Waals surface area contributed by atoms with Crippen molar-refractivity contribution in [3.8, 4) is 11.5 Å². The number of carbonyl (C=O) groups is 1. The van der Waals surface area contributed by atoms with Gasteiger partial charge in [0.15, 0.2) is 11.6 Å². The molecule has 1 fully saturated rings. The number of esters is 1. The van der Waals surface area contributed by atoms with Crippen LogP contribution in [0, 0.1) is 17.2 Å². The molecule has 2 unspecified atom stereocenters. The maximum absolute atomic E-state index is 14.1. The summed E-state index contributed by atoms with van der Waals surface area (Å²) in [6.07, 6.45) is 3.62. The molecule has 2 aromatic carbocycles. The molecular weight excluding hydrogens is 387 g/mol. The highest BCUT2D eigenvalue weighted by Gasteiger charge is 2.62. The van der Waals surface area contributed by atoms with Crippen molar-refractivity contribution in [1.29, 1.82) is 0 Å². The number of thioether (sulfide) groups is 1. The van der Waals surface area contributed by atoms with Crippen molar-refractivity contribution in [2.75, 3.05) is 5.75 Å². The average Bonchev–Trinajstić information content (AvgIpc) is 3.26. The zero-order chi connectivity index (χ0) is 20.9. The van der Waals surface area contributed by atoms with Crippen molar-refractivity contribution in [3.63, 3.8) is 0 Å². The fourth-order valence-electron chi connectivity index (χ4n) is 3.47. The molecule has 0 saturated heterocycles.